The van der Waals surface area contributed by atoms with Crippen molar-refractivity contribution in [1.82, 2.24) is 30.9 Å². The van der Waals surface area contributed by atoms with Crippen LogP contribution in [0.3, 0.4) is 0 Å². The SMILES string of the molecule is Cc1nc(C2=C(CCc3nccc(C4CC4)n3)N(C)NN2)ccc1OC1CCCCC1. The van der Waals surface area contributed by atoms with Gasteiger partial charge in [0.15, 0.2) is 0 Å². The van der Waals surface area contributed by atoms with Gasteiger partial charge < -0.3 is 4.74 Å². The minimum absolute atomic E-state index is 0.332. The van der Waals surface area contributed by atoms with Gasteiger partial charge in [0.25, 0.3) is 0 Å². The topological polar surface area (TPSA) is 75.2 Å². The molecule has 0 bridgehead atoms. The van der Waals surface area contributed by atoms with Crippen molar-refractivity contribution >= 4 is 5.70 Å². The second-order valence-electron chi connectivity index (χ2n) is 8.95. The molecule has 7 nitrogen and oxygen atoms in total. The molecule has 0 unspecified atom stereocenters. The van der Waals surface area contributed by atoms with Crippen LogP contribution in [0.5, 0.6) is 5.75 Å². The predicted molar refractivity (Wildman–Crippen MR) is 120 cm³/mol. The normalized spacial score (nSPS) is 19.6. The van der Waals surface area contributed by atoms with Crippen molar-refractivity contribution in [3.63, 3.8) is 0 Å². The third kappa shape index (κ3) is 4.66. The molecule has 2 aliphatic carbocycles. The molecular formula is C24H32N6O. The van der Waals surface area contributed by atoms with Crippen molar-refractivity contribution in [3.05, 3.63) is 53.0 Å². The summed E-state index contributed by atoms with van der Waals surface area (Å²) in [5.74, 6) is 2.47. The molecule has 0 spiro atoms. The smallest absolute Gasteiger partial charge is 0.140 e. The molecule has 0 amide bonds. The van der Waals surface area contributed by atoms with E-state index >= 15 is 0 Å². The Morgan fingerprint density at radius 1 is 1.03 bits per heavy atom. The van der Waals surface area contributed by atoms with Crippen LogP contribution in [-0.2, 0) is 6.42 Å². The minimum Gasteiger partial charge on any atom is -0.489 e. The fourth-order valence-corrected chi connectivity index (χ4v) is 4.50. The van der Waals surface area contributed by atoms with Gasteiger partial charge in [0, 0.05) is 31.3 Å². The van der Waals surface area contributed by atoms with E-state index in [1.165, 1.54) is 37.8 Å². The summed E-state index contributed by atoms with van der Waals surface area (Å²) in [6, 6.07) is 6.18. The molecule has 2 fully saturated rings. The number of aryl methyl sites for hydroxylation is 2. The molecule has 0 radical (unpaired) electrons. The van der Waals surface area contributed by atoms with Gasteiger partial charge in [-0.05, 0) is 70.1 Å². The standard InChI is InChI=1S/C24H32N6O/c1-16-22(31-18-6-4-3-5-7-18)12-10-20(26-16)24-21(30(2)29-28-24)11-13-23-25-15-14-19(27-23)17-8-9-17/h10,12,14-15,17-18,28-29H,3-9,11,13H2,1-2H3. The number of hydrazine groups is 2. The molecule has 0 aromatic carbocycles. The van der Waals surface area contributed by atoms with Gasteiger partial charge in [0.2, 0.25) is 0 Å². The van der Waals surface area contributed by atoms with Crippen LogP contribution < -0.4 is 15.7 Å². The van der Waals surface area contributed by atoms with Crippen molar-refractivity contribution in [2.45, 2.75) is 76.7 Å². The van der Waals surface area contributed by atoms with Crippen LogP contribution in [0, 0.1) is 6.92 Å². The highest BCUT2D eigenvalue weighted by molar-refractivity contribution is 5.65. The largest absolute Gasteiger partial charge is 0.489 e. The lowest BCUT2D eigenvalue weighted by Crippen LogP contribution is -2.34. The summed E-state index contributed by atoms with van der Waals surface area (Å²) in [7, 11) is 2.02. The van der Waals surface area contributed by atoms with Gasteiger partial charge in [0.1, 0.15) is 11.6 Å². The van der Waals surface area contributed by atoms with Crippen LogP contribution >= 0.6 is 0 Å². The predicted octanol–water partition coefficient (Wildman–Crippen LogP) is 4.02. The first-order valence-electron chi connectivity index (χ1n) is 11.6. The number of ether oxygens (including phenoxy) is 1. The first-order valence-corrected chi connectivity index (χ1v) is 11.6. The highest BCUT2D eigenvalue weighted by atomic mass is 16.5. The molecule has 3 aliphatic rings. The molecule has 7 heteroatoms. The Morgan fingerprint density at radius 3 is 2.65 bits per heavy atom. The number of nitrogens with one attached hydrogen (secondary N) is 2. The minimum atomic E-state index is 0.332. The summed E-state index contributed by atoms with van der Waals surface area (Å²) in [6.07, 6.45) is 12.5. The van der Waals surface area contributed by atoms with Crippen molar-refractivity contribution in [3.8, 4) is 5.75 Å². The van der Waals surface area contributed by atoms with E-state index in [2.05, 4.69) is 34.1 Å². The Balaban J connectivity index is 1.31. The summed E-state index contributed by atoms with van der Waals surface area (Å²) >= 11 is 0. The molecular weight excluding hydrogens is 388 g/mol. The van der Waals surface area contributed by atoms with Gasteiger partial charge in [-0.2, -0.15) is 0 Å². The maximum absolute atomic E-state index is 6.25. The number of hydrogen-bond donors (Lipinski definition) is 2. The lowest BCUT2D eigenvalue weighted by atomic mass is 9.98. The molecule has 5 rings (SSSR count). The molecule has 2 N–H and O–H groups in total. The number of pyridine rings is 1. The number of hydrogen-bond acceptors (Lipinski definition) is 7. The Bertz CT molecular complexity index is 964. The first kappa shape index (κ1) is 20.2. The lowest BCUT2D eigenvalue weighted by Gasteiger charge is -2.23. The zero-order valence-electron chi connectivity index (χ0n) is 18.5. The molecule has 31 heavy (non-hydrogen) atoms. The van der Waals surface area contributed by atoms with Crippen LogP contribution in [0.1, 0.15) is 80.2 Å². The van der Waals surface area contributed by atoms with Gasteiger partial charge in [-0.15, -0.1) is 5.53 Å². The maximum atomic E-state index is 6.25. The molecule has 0 atom stereocenters. The molecule has 2 aromatic rings. The Labute approximate surface area is 184 Å². The van der Waals surface area contributed by atoms with Gasteiger partial charge in [-0.25, -0.2) is 15.0 Å². The quantitative estimate of drug-likeness (QED) is 0.700. The van der Waals surface area contributed by atoms with Gasteiger partial charge in [-0.3, -0.25) is 10.4 Å². The number of rotatable bonds is 7. The molecule has 3 heterocycles. The number of aromatic nitrogens is 3. The summed E-state index contributed by atoms with van der Waals surface area (Å²) in [6.45, 7) is 2.03. The third-order valence-corrected chi connectivity index (χ3v) is 6.49. The van der Waals surface area contributed by atoms with Gasteiger partial charge >= 0.3 is 0 Å². The monoisotopic (exact) mass is 420 g/mol. The van der Waals surface area contributed by atoms with Crippen molar-refractivity contribution in [2.75, 3.05) is 7.05 Å². The summed E-state index contributed by atoms with van der Waals surface area (Å²) < 4.78 is 6.25. The molecule has 2 saturated carbocycles. The fraction of sp³-hybridized carbons (Fsp3) is 0.542. The first-order chi connectivity index (χ1) is 15.2. The van der Waals surface area contributed by atoms with Crippen molar-refractivity contribution < 1.29 is 4.74 Å². The average molecular weight is 421 g/mol. The molecule has 1 aliphatic heterocycles. The van der Waals surface area contributed by atoms with E-state index in [9.17, 15) is 0 Å². The second kappa shape index (κ2) is 8.83. The summed E-state index contributed by atoms with van der Waals surface area (Å²) in [5, 5.41) is 2.02. The summed E-state index contributed by atoms with van der Waals surface area (Å²) in [4.78, 5) is 14.1. The molecule has 164 valence electrons. The summed E-state index contributed by atoms with van der Waals surface area (Å²) in [5.41, 5.74) is 11.7. The van der Waals surface area contributed by atoms with Crippen LogP contribution in [0.2, 0.25) is 0 Å². The number of nitrogens with zero attached hydrogens (tertiary/aromatic N) is 4. The highest BCUT2D eigenvalue weighted by Gasteiger charge is 2.26. The number of allylic oxidation sites excluding steroid dienone is 1. The van der Waals surface area contributed by atoms with E-state index in [4.69, 9.17) is 14.7 Å². The van der Waals surface area contributed by atoms with E-state index in [1.54, 1.807) is 0 Å². The van der Waals surface area contributed by atoms with E-state index < -0.39 is 0 Å². The van der Waals surface area contributed by atoms with E-state index in [-0.39, 0.29) is 0 Å². The van der Waals surface area contributed by atoms with Crippen molar-refractivity contribution in [2.24, 2.45) is 0 Å². The Morgan fingerprint density at radius 2 is 1.87 bits per heavy atom. The zero-order chi connectivity index (χ0) is 21.2. The maximum Gasteiger partial charge on any atom is 0.140 e. The average Bonchev–Trinajstić information content (AvgIpc) is 3.58. The Kier molecular flexibility index (Phi) is 5.76. The zero-order valence-corrected chi connectivity index (χ0v) is 18.5. The van der Waals surface area contributed by atoms with Crippen LogP contribution in [0.25, 0.3) is 5.70 Å². The lowest BCUT2D eigenvalue weighted by molar-refractivity contribution is 0.153. The second-order valence-corrected chi connectivity index (χ2v) is 8.95. The molecule has 0 saturated heterocycles. The van der Waals surface area contributed by atoms with E-state index in [0.717, 1.165) is 60.0 Å². The van der Waals surface area contributed by atoms with E-state index in [0.29, 0.717) is 12.0 Å². The van der Waals surface area contributed by atoms with E-state index in [1.807, 2.05) is 25.2 Å². The third-order valence-electron chi connectivity index (χ3n) is 6.49. The Hall–Kier alpha value is -2.67. The van der Waals surface area contributed by atoms with Gasteiger partial charge in [-0.1, -0.05) is 6.42 Å². The van der Waals surface area contributed by atoms with Crippen molar-refractivity contribution in [1.29, 1.82) is 0 Å². The highest BCUT2D eigenvalue weighted by Crippen LogP contribution is 2.38. The van der Waals surface area contributed by atoms with Crippen LogP contribution in [0.4, 0.5) is 0 Å². The van der Waals surface area contributed by atoms with Crippen LogP contribution in [-0.4, -0.2) is 33.1 Å². The fourth-order valence-electron chi connectivity index (χ4n) is 4.50. The molecule has 2 aromatic heterocycles. The van der Waals surface area contributed by atoms with Gasteiger partial charge in [0.05, 0.1) is 28.9 Å². The van der Waals surface area contributed by atoms with Crippen LogP contribution in [0.15, 0.2) is 30.1 Å².